The second kappa shape index (κ2) is 16.0. The number of nitrogens with zero attached hydrogens (tertiary/aromatic N) is 2. The molecule has 12 rings (SSSR count). The molecule has 11 aromatic rings. The molecule has 10 aromatic carbocycles. The fraction of sp³-hybridized carbons (Fsp3) is 0.0159. The van der Waals surface area contributed by atoms with Crippen LogP contribution in [0.25, 0.3) is 61.2 Å². The van der Waals surface area contributed by atoms with E-state index in [1.54, 1.807) is 0 Å². The summed E-state index contributed by atoms with van der Waals surface area (Å²) in [5.74, 6) is 0. The molecule has 1 heterocycles. The molecule has 0 aliphatic heterocycles. The summed E-state index contributed by atoms with van der Waals surface area (Å²) < 4.78 is 2.44. The lowest BCUT2D eigenvalue weighted by molar-refractivity contribution is 0.767. The lowest BCUT2D eigenvalue weighted by atomic mass is 9.67. The molecule has 0 saturated heterocycles. The predicted molar refractivity (Wildman–Crippen MR) is 272 cm³/mol. The Hall–Kier alpha value is -8.46. The molecule has 0 unspecified atom stereocenters. The minimum Gasteiger partial charge on any atom is -0.310 e. The molecule has 0 spiro atoms. The molecule has 0 bridgehead atoms. The average Bonchev–Trinajstić information content (AvgIpc) is 3.92. The zero-order valence-corrected chi connectivity index (χ0v) is 35.8. The molecule has 0 atom stereocenters. The van der Waals surface area contributed by atoms with Gasteiger partial charge in [0.2, 0.25) is 0 Å². The van der Waals surface area contributed by atoms with E-state index in [1.807, 2.05) is 0 Å². The molecule has 0 radical (unpaired) electrons. The smallest absolute Gasteiger partial charge is 0.0715 e. The van der Waals surface area contributed by atoms with E-state index >= 15 is 0 Å². The standard InChI is InChI=1S/C63H44N2/c1-6-18-45(19-7-1)47-30-34-53(35-31-47)64(54-36-32-48(33-37-54)46-20-8-2-9-21-46)55-38-40-57-58-41-39-56(65-61-29-17-16-24-50(61)42-62(65)49-22-10-3-11-23-49)44-60(58)63(59(57)43-55,51-25-12-4-13-26-51)52-27-14-5-15-28-52/h1-44H. The maximum atomic E-state index is 2.47. The number of benzene rings is 10. The maximum Gasteiger partial charge on any atom is 0.0715 e. The van der Waals surface area contributed by atoms with Gasteiger partial charge in [-0.3, -0.25) is 0 Å². The second-order valence-corrected chi connectivity index (χ2v) is 16.9. The van der Waals surface area contributed by atoms with E-state index in [2.05, 4.69) is 276 Å². The first-order chi connectivity index (χ1) is 32.2. The highest BCUT2D eigenvalue weighted by Crippen LogP contribution is 2.58. The van der Waals surface area contributed by atoms with Crippen LogP contribution in [0, 0.1) is 0 Å². The number of hydrogen-bond acceptors (Lipinski definition) is 1. The third-order valence-corrected chi connectivity index (χ3v) is 13.3. The fourth-order valence-electron chi connectivity index (χ4n) is 10.3. The van der Waals surface area contributed by atoms with E-state index in [-0.39, 0.29) is 0 Å². The third-order valence-electron chi connectivity index (χ3n) is 13.3. The van der Waals surface area contributed by atoms with Crippen molar-refractivity contribution < 1.29 is 0 Å². The minimum absolute atomic E-state index is 0.630. The van der Waals surface area contributed by atoms with Gasteiger partial charge in [-0.25, -0.2) is 0 Å². The summed E-state index contributed by atoms with van der Waals surface area (Å²) in [7, 11) is 0. The van der Waals surface area contributed by atoms with E-state index < -0.39 is 5.41 Å². The van der Waals surface area contributed by atoms with E-state index in [0.29, 0.717) is 0 Å². The Morgan fingerprint density at radius 2 is 0.723 bits per heavy atom. The molecule has 1 aliphatic rings. The monoisotopic (exact) mass is 828 g/mol. The topological polar surface area (TPSA) is 8.17 Å². The largest absolute Gasteiger partial charge is 0.310 e. The zero-order valence-electron chi connectivity index (χ0n) is 35.8. The summed E-state index contributed by atoms with van der Waals surface area (Å²) in [6.45, 7) is 0. The number of fused-ring (bicyclic) bond motifs is 4. The van der Waals surface area contributed by atoms with Gasteiger partial charge in [-0.05, 0) is 122 Å². The molecule has 306 valence electrons. The quantitative estimate of drug-likeness (QED) is 0.141. The van der Waals surface area contributed by atoms with Gasteiger partial charge in [-0.1, -0.05) is 206 Å². The molecule has 0 amide bonds. The van der Waals surface area contributed by atoms with Crippen LogP contribution in [0.2, 0.25) is 0 Å². The zero-order chi connectivity index (χ0) is 43.2. The Balaban J connectivity index is 1.09. The Kier molecular flexibility index (Phi) is 9.43. The van der Waals surface area contributed by atoms with E-state index in [1.165, 1.54) is 77.8 Å². The van der Waals surface area contributed by atoms with Crippen LogP contribution in [0.3, 0.4) is 0 Å². The van der Waals surface area contributed by atoms with Crippen molar-refractivity contribution in [3.63, 3.8) is 0 Å². The van der Waals surface area contributed by atoms with E-state index in [9.17, 15) is 0 Å². The van der Waals surface area contributed by atoms with Crippen LogP contribution in [0.5, 0.6) is 0 Å². The molecule has 2 heteroatoms. The Morgan fingerprint density at radius 3 is 1.26 bits per heavy atom. The lowest BCUT2D eigenvalue weighted by Gasteiger charge is -2.35. The number of rotatable bonds is 9. The normalized spacial score (nSPS) is 12.4. The molecule has 2 nitrogen and oxygen atoms in total. The Bertz CT molecular complexity index is 3310. The van der Waals surface area contributed by atoms with Gasteiger partial charge < -0.3 is 9.47 Å². The van der Waals surface area contributed by atoms with Gasteiger partial charge >= 0.3 is 0 Å². The highest BCUT2D eigenvalue weighted by atomic mass is 15.1. The van der Waals surface area contributed by atoms with Crippen LogP contribution in [-0.4, -0.2) is 4.57 Å². The molecule has 0 saturated carbocycles. The summed E-state index contributed by atoms with van der Waals surface area (Å²) in [4.78, 5) is 2.41. The average molecular weight is 829 g/mol. The number of aromatic nitrogens is 1. The van der Waals surface area contributed by atoms with Crippen LogP contribution in [0.4, 0.5) is 17.1 Å². The maximum absolute atomic E-state index is 2.47. The lowest BCUT2D eigenvalue weighted by Crippen LogP contribution is -2.29. The van der Waals surface area contributed by atoms with Gasteiger partial charge in [-0.15, -0.1) is 0 Å². The first-order valence-corrected chi connectivity index (χ1v) is 22.4. The Morgan fingerprint density at radius 1 is 0.308 bits per heavy atom. The Labute approximate surface area is 380 Å². The van der Waals surface area contributed by atoms with Gasteiger partial charge in [-0.2, -0.15) is 0 Å². The summed E-state index contributed by atoms with van der Waals surface area (Å²) in [6, 6.07) is 97.6. The van der Waals surface area contributed by atoms with Crippen LogP contribution in [-0.2, 0) is 5.41 Å². The summed E-state index contributed by atoms with van der Waals surface area (Å²) in [6.07, 6.45) is 0. The molecule has 0 fully saturated rings. The first kappa shape index (κ1) is 38.2. The van der Waals surface area contributed by atoms with Crippen molar-refractivity contribution >= 4 is 28.0 Å². The minimum atomic E-state index is -0.630. The van der Waals surface area contributed by atoms with Gasteiger partial charge in [0.25, 0.3) is 0 Å². The van der Waals surface area contributed by atoms with Crippen molar-refractivity contribution in [1.29, 1.82) is 0 Å². The number of anilines is 3. The van der Waals surface area contributed by atoms with Crippen molar-refractivity contribution in [2.24, 2.45) is 0 Å². The van der Waals surface area contributed by atoms with Crippen LogP contribution in [0.1, 0.15) is 22.3 Å². The van der Waals surface area contributed by atoms with Gasteiger partial charge in [0.15, 0.2) is 0 Å². The molecular weight excluding hydrogens is 785 g/mol. The van der Waals surface area contributed by atoms with Crippen molar-refractivity contribution in [3.05, 3.63) is 289 Å². The first-order valence-electron chi connectivity index (χ1n) is 22.4. The van der Waals surface area contributed by atoms with E-state index in [4.69, 9.17) is 0 Å². The predicted octanol–water partition coefficient (Wildman–Crippen LogP) is 16.5. The van der Waals surface area contributed by atoms with Gasteiger partial charge in [0, 0.05) is 28.1 Å². The van der Waals surface area contributed by atoms with Crippen molar-refractivity contribution in [2.45, 2.75) is 5.41 Å². The summed E-state index contributed by atoms with van der Waals surface area (Å²) in [5.41, 5.74) is 19.5. The highest BCUT2D eigenvalue weighted by Gasteiger charge is 2.46. The SMILES string of the molecule is c1ccc(-c2ccc(N(c3ccc(-c4ccccc4)cc3)c3ccc4c(c3)C(c3ccccc3)(c3ccccc3)c3cc(-n5c(-c6ccccc6)cc6ccccc65)ccc3-4)cc2)cc1. The summed E-state index contributed by atoms with van der Waals surface area (Å²) in [5, 5.41) is 1.21. The number of para-hydroxylation sites is 1. The molecule has 65 heavy (non-hydrogen) atoms. The van der Waals surface area contributed by atoms with Gasteiger partial charge in [0.1, 0.15) is 0 Å². The fourth-order valence-corrected chi connectivity index (χ4v) is 10.3. The summed E-state index contributed by atoms with van der Waals surface area (Å²) >= 11 is 0. The van der Waals surface area contributed by atoms with E-state index in [0.717, 1.165) is 22.7 Å². The number of hydrogen-bond donors (Lipinski definition) is 0. The van der Waals surface area contributed by atoms with Crippen LogP contribution in [0.15, 0.2) is 267 Å². The molecule has 0 N–H and O–H groups in total. The second-order valence-electron chi connectivity index (χ2n) is 16.9. The van der Waals surface area contributed by atoms with Crippen LogP contribution >= 0.6 is 0 Å². The molecular formula is C63H44N2. The van der Waals surface area contributed by atoms with Crippen LogP contribution < -0.4 is 4.90 Å². The molecule has 1 aliphatic carbocycles. The highest BCUT2D eigenvalue weighted by molar-refractivity contribution is 5.93. The van der Waals surface area contributed by atoms with Crippen molar-refractivity contribution in [2.75, 3.05) is 4.90 Å². The van der Waals surface area contributed by atoms with Crippen molar-refractivity contribution in [3.8, 4) is 50.3 Å². The van der Waals surface area contributed by atoms with Crippen molar-refractivity contribution in [1.82, 2.24) is 4.57 Å². The third kappa shape index (κ3) is 6.50. The molecule has 1 aromatic heterocycles. The van der Waals surface area contributed by atoms with Gasteiger partial charge in [0.05, 0.1) is 16.6 Å².